The van der Waals surface area contributed by atoms with E-state index in [1.807, 2.05) is 0 Å². The fourth-order valence-electron chi connectivity index (χ4n) is 2.99. The zero-order chi connectivity index (χ0) is 15.3. The molecule has 2 heterocycles. The van der Waals surface area contributed by atoms with Crippen molar-refractivity contribution in [1.29, 1.82) is 0 Å². The number of rotatable bonds is 4. The maximum absolute atomic E-state index is 12.1. The number of likely N-dealkylation sites (tertiary alicyclic amines) is 1. The van der Waals surface area contributed by atoms with Gasteiger partial charge in [-0.05, 0) is 46.4 Å². The second-order valence-corrected chi connectivity index (χ2v) is 6.74. The van der Waals surface area contributed by atoms with Gasteiger partial charge in [-0.3, -0.25) is 9.69 Å². The standard InChI is InChI=1S/C15H30N4O2/c1-17-6-3-7-19(11-10-17)12-14(20)16-13-15(21)4-8-18(2)9-5-15/h21H,3-13H2,1-2H3,(H,16,20). The first kappa shape index (κ1) is 16.7. The van der Waals surface area contributed by atoms with E-state index >= 15 is 0 Å². The maximum atomic E-state index is 12.1. The minimum atomic E-state index is -0.721. The second kappa shape index (κ2) is 7.54. The van der Waals surface area contributed by atoms with E-state index in [9.17, 15) is 9.90 Å². The van der Waals surface area contributed by atoms with Crippen molar-refractivity contribution in [2.45, 2.75) is 24.9 Å². The molecule has 6 heteroatoms. The summed E-state index contributed by atoms with van der Waals surface area (Å²) in [6.45, 7) is 6.66. The second-order valence-electron chi connectivity index (χ2n) is 6.74. The van der Waals surface area contributed by atoms with Crippen LogP contribution in [-0.4, -0.2) is 97.8 Å². The predicted molar refractivity (Wildman–Crippen MR) is 83.2 cm³/mol. The Hall–Kier alpha value is -0.690. The van der Waals surface area contributed by atoms with E-state index in [1.54, 1.807) is 0 Å². The third-order valence-corrected chi connectivity index (χ3v) is 4.71. The molecule has 0 spiro atoms. The van der Waals surface area contributed by atoms with Gasteiger partial charge in [-0.25, -0.2) is 0 Å². The van der Waals surface area contributed by atoms with E-state index in [4.69, 9.17) is 0 Å². The smallest absolute Gasteiger partial charge is 0.234 e. The lowest BCUT2D eigenvalue weighted by Crippen LogP contribution is -2.51. The molecule has 0 atom stereocenters. The highest BCUT2D eigenvalue weighted by molar-refractivity contribution is 5.78. The van der Waals surface area contributed by atoms with E-state index < -0.39 is 5.60 Å². The van der Waals surface area contributed by atoms with E-state index in [-0.39, 0.29) is 5.91 Å². The third-order valence-electron chi connectivity index (χ3n) is 4.71. The van der Waals surface area contributed by atoms with E-state index in [1.165, 1.54) is 0 Å². The summed E-state index contributed by atoms with van der Waals surface area (Å²) in [6, 6.07) is 0. The van der Waals surface area contributed by atoms with Crippen LogP contribution < -0.4 is 5.32 Å². The van der Waals surface area contributed by atoms with Crippen molar-refractivity contribution in [2.24, 2.45) is 0 Å². The number of piperidine rings is 1. The van der Waals surface area contributed by atoms with Crippen molar-refractivity contribution in [3.63, 3.8) is 0 Å². The maximum Gasteiger partial charge on any atom is 0.234 e. The Kier molecular flexibility index (Phi) is 5.98. The Morgan fingerprint density at radius 3 is 2.43 bits per heavy atom. The highest BCUT2D eigenvalue weighted by atomic mass is 16.3. The molecule has 0 unspecified atom stereocenters. The zero-order valence-electron chi connectivity index (χ0n) is 13.5. The predicted octanol–water partition coefficient (Wildman–Crippen LogP) is -0.803. The summed E-state index contributed by atoms with van der Waals surface area (Å²) in [5, 5.41) is 13.4. The molecule has 0 aromatic heterocycles. The Labute approximate surface area is 128 Å². The quantitative estimate of drug-likeness (QED) is 0.711. The fraction of sp³-hybridized carbons (Fsp3) is 0.933. The molecule has 0 aromatic rings. The monoisotopic (exact) mass is 298 g/mol. The normalized spacial score (nSPS) is 25.5. The van der Waals surface area contributed by atoms with Crippen molar-refractivity contribution in [1.82, 2.24) is 20.0 Å². The Balaban J connectivity index is 1.69. The molecule has 2 N–H and O–H groups in total. The van der Waals surface area contributed by atoms with Gasteiger partial charge in [0.1, 0.15) is 0 Å². The van der Waals surface area contributed by atoms with Gasteiger partial charge >= 0.3 is 0 Å². The summed E-state index contributed by atoms with van der Waals surface area (Å²) in [5.41, 5.74) is -0.721. The highest BCUT2D eigenvalue weighted by Crippen LogP contribution is 2.20. The molecule has 1 amide bonds. The minimum Gasteiger partial charge on any atom is -0.388 e. The summed E-state index contributed by atoms with van der Waals surface area (Å²) in [6.07, 6.45) is 2.58. The number of carbonyl (C=O) groups is 1. The Morgan fingerprint density at radius 2 is 1.71 bits per heavy atom. The lowest BCUT2D eigenvalue weighted by molar-refractivity contribution is -0.124. The first-order valence-electron chi connectivity index (χ1n) is 8.05. The van der Waals surface area contributed by atoms with E-state index in [0.29, 0.717) is 13.1 Å². The fourth-order valence-corrected chi connectivity index (χ4v) is 2.99. The average Bonchev–Trinajstić information content (AvgIpc) is 2.66. The zero-order valence-corrected chi connectivity index (χ0v) is 13.5. The van der Waals surface area contributed by atoms with Crippen LogP contribution in [0, 0.1) is 0 Å². The lowest BCUT2D eigenvalue weighted by Gasteiger charge is -2.36. The average molecular weight is 298 g/mol. The van der Waals surface area contributed by atoms with Gasteiger partial charge in [0, 0.05) is 32.7 Å². The Bertz CT molecular complexity index is 343. The van der Waals surface area contributed by atoms with Gasteiger partial charge in [0.15, 0.2) is 0 Å². The summed E-state index contributed by atoms with van der Waals surface area (Å²) >= 11 is 0. The largest absolute Gasteiger partial charge is 0.388 e. The van der Waals surface area contributed by atoms with Crippen LogP contribution in [0.5, 0.6) is 0 Å². The molecule has 122 valence electrons. The molecule has 0 radical (unpaired) electrons. The van der Waals surface area contributed by atoms with Crippen LogP contribution in [0.2, 0.25) is 0 Å². The number of hydrogen-bond donors (Lipinski definition) is 2. The first-order chi connectivity index (χ1) is 9.97. The van der Waals surface area contributed by atoms with Crippen LogP contribution in [0.4, 0.5) is 0 Å². The molecule has 2 saturated heterocycles. The van der Waals surface area contributed by atoms with Crippen molar-refractivity contribution < 1.29 is 9.90 Å². The summed E-state index contributed by atoms with van der Waals surface area (Å²) in [5.74, 6) is 0.0342. The van der Waals surface area contributed by atoms with Gasteiger partial charge in [-0.2, -0.15) is 0 Å². The molecule has 6 nitrogen and oxygen atoms in total. The topological polar surface area (TPSA) is 59.1 Å². The number of amides is 1. The van der Waals surface area contributed by atoms with Crippen LogP contribution in [0.1, 0.15) is 19.3 Å². The molecule has 2 rings (SSSR count). The molecule has 0 bridgehead atoms. The highest BCUT2D eigenvalue weighted by Gasteiger charge is 2.31. The van der Waals surface area contributed by atoms with Crippen LogP contribution in [0.15, 0.2) is 0 Å². The van der Waals surface area contributed by atoms with Crippen LogP contribution >= 0.6 is 0 Å². The number of aliphatic hydroxyl groups is 1. The number of likely N-dealkylation sites (N-methyl/N-ethyl adjacent to an activating group) is 1. The van der Waals surface area contributed by atoms with Crippen LogP contribution in [0.3, 0.4) is 0 Å². The summed E-state index contributed by atoms with van der Waals surface area (Å²) in [7, 11) is 4.19. The molecule has 21 heavy (non-hydrogen) atoms. The number of nitrogens with one attached hydrogen (secondary N) is 1. The van der Waals surface area contributed by atoms with E-state index in [2.05, 4.69) is 34.1 Å². The number of nitrogens with zero attached hydrogens (tertiary/aromatic N) is 3. The van der Waals surface area contributed by atoms with Gasteiger partial charge < -0.3 is 20.2 Å². The van der Waals surface area contributed by atoms with Crippen molar-refractivity contribution >= 4 is 5.91 Å². The van der Waals surface area contributed by atoms with Gasteiger partial charge in [0.25, 0.3) is 0 Å². The van der Waals surface area contributed by atoms with Gasteiger partial charge in [-0.15, -0.1) is 0 Å². The summed E-state index contributed by atoms with van der Waals surface area (Å²) in [4.78, 5) is 18.8. The number of carbonyl (C=O) groups excluding carboxylic acids is 1. The molecule has 2 fully saturated rings. The third kappa shape index (κ3) is 5.54. The Morgan fingerprint density at radius 1 is 1.05 bits per heavy atom. The van der Waals surface area contributed by atoms with Gasteiger partial charge in [0.2, 0.25) is 5.91 Å². The van der Waals surface area contributed by atoms with Crippen molar-refractivity contribution in [3.8, 4) is 0 Å². The molecule has 0 aliphatic carbocycles. The first-order valence-corrected chi connectivity index (χ1v) is 8.05. The lowest BCUT2D eigenvalue weighted by atomic mass is 9.91. The molecule has 2 aliphatic heterocycles. The number of hydrogen-bond acceptors (Lipinski definition) is 5. The molecule has 0 aromatic carbocycles. The molecular weight excluding hydrogens is 268 g/mol. The van der Waals surface area contributed by atoms with Gasteiger partial charge in [0.05, 0.1) is 12.1 Å². The summed E-state index contributed by atoms with van der Waals surface area (Å²) < 4.78 is 0. The van der Waals surface area contributed by atoms with Crippen LogP contribution in [0.25, 0.3) is 0 Å². The van der Waals surface area contributed by atoms with Crippen molar-refractivity contribution in [3.05, 3.63) is 0 Å². The van der Waals surface area contributed by atoms with E-state index in [0.717, 1.165) is 58.5 Å². The molecule has 0 saturated carbocycles. The van der Waals surface area contributed by atoms with Crippen molar-refractivity contribution in [2.75, 3.05) is 66.5 Å². The SMILES string of the molecule is CN1CCCN(CC(=O)NCC2(O)CCN(C)CC2)CC1. The molecular formula is C15H30N4O2. The van der Waals surface area contributed by atoms with Gasteiger partial charge in [-0.1, -0.05) is 0 Å². The van der Waals surface area contributed by atoms with Crippen LogP contribution in [-0.2, 0) is 4.79 Å². The minimum absolute atomic E-state index is 0.0342. The molecule has 2 aliphatic rings.